The molecule has 0 heterocycles. The maximum absolute atomic E-state index is 3.66. The lowest BCUT2D eigenvalue weighted by Crippen LogP contribution is -2.35. The maximum Gasteiger partial charge on any atom is 0.00674 e. The largest absolute Gasteiger partial charge is 0.314 e. The molecule has 0 radical (unpaired) electrons. The van der Waals surface area contributed by atoms with E-state index in [1.807, 2.05) is 0 Å². The van der Waals surface area contributed by atoms with Gasteiger partial charge in [0, 0.05) is 6.04 Å². The second-order valence-electron chi connectivity index (χ2n) is 5.25. The molecular formula is C12H25N. The molecule has 0 aromatic rings. The lowest BCUT2D eigenvalue weighted by atomic mass is 9.75. The Hall–Kier alpha value is -0.0400. The van der Waals surface area contributed by atoms with E-state index >= 15 is 0 Å². The fourth-order valence-electron chi connectivity index (χ4n) is 2.09. The third-order valence-corrected chi connectivity index (χ3v) is 3.30. The summed E-state index contributed by atoms with van der Waals surface area (Å²) in [5, 5.41) is 3.66. The molecule has 0 amide bonds. The van der Waals surface area contributed by atoms with Crippen molar-refractivity contribution < 1.29 is 0 Å². The Morgan fingerprint density at radius 1 is 1.23 bits per heavy atom. The van der Waals surface area contributed by atoms with Crippen LogP contribution < -0.4 is 5.32 Å². The van der Waals surface area contributed by atoms with Gasteiger partial charge < -0.3 is 5.32 Å². The smallest absolute Gasteiger partial charge is 0.00674 e. The van der Waals surface area contributed by atoms with Crippen molar-refractivity contribution in [1.29, 1.82) is 0 Å². The first kappa shape index (κ1) is 11.0. The molecule has 1 aliphatic rings. The first-order valence-electron chi connectivity index (χ1n) is 5.87. The molecule has 0 atom stereocenters. The second-order valence-corrected chi connectivity index (χ2v) is 5.25. The minimum absolute atomic E-state index is 0.614. The van der Waals surface area contributed by atoms with Gasteiger partial charge in [-0.05, 0) is 44.1 Å². The molecule has 13 heavy (non-hydrogen) atoms. The molecule has 1 nitrogen and oxygen atoms in total. The second kappa shape index (κ2) is 4.99. The molecule has 78 valence electrons. The van der Waals surface area contributed by atoms with Gasteiger partial charge in [0.2, 0.25) is 0 Å². The van der Waals surface area contributed by atoms with Crippen LogP contribution >= 0.6 is 0 Å². The van der Waals surface area contributed by atoms with E-state index in [1.165, 1.54) is 45.1 Å². The average Bonchev–Trinajstić information content (AvgIpc) is 2.08. The first-order valence-corrected chi connectivity index (χ1v) is 5.87. The van der Waals surface area contributed by atoms with Crippen molar-refractivity contribution in [1.82, 2.24) is 5.32 Å². The molecule has 1 saturated carbocycles. The minimum Gasteiger partial charge on any atom is -0.314 e. The zero-order valence-corrected chi connectivity index (χ0v) is 9.53. The van der Waals surface area contributed by atoms with Crippen LogP contribution in [0, 0.1) is 5.41 Å². The van der Waals surface area contributed by atoms with E-state index in [9.17, 15) is 0 Å². The summed E-state index contributed by atoms with van der Waals surface area (Å²) >= 11 is 0. The predicted molar refractivity (Wildman–Crippen MR) is 58.9 cm³/mol. The summed E-state index contributed by atoms with van der Waals surface area (Å²) < 4.78 is 0. The third-order valence-electron chi connectivity index (χ3n) is 3.30. The van der Waals surface area contributed by atoms with Crippen molar-refractivity contribution in [3.05, 3.63) is 0 Å². The zero-order chi connectivity index (χ0) is 9.73. The van der Waals surface area contributed by atoms with E-state index in [4.69, 9.17) is 0 Å². The van der Waals surface area contributed by atoms with Crippen LogP contribution in [-0.2, 0) is 0 Å². The van der Waals surface area contributed by atoms with Gasteiger partial charge in [0.05, 0.1) is 0 Å². The monoisotopic (exact) mass is 183 g/mol. The molecule has 0 aliphatic heterocycles. The van der Waals surface area contributed by atoms with Gasteiger partial charge in [0.1, 0.15) is 0 Å². The summed E-state index contributed by atoms with van der Waals surface area (Å²) in [7, 11) is 0. The lowest BCUT2D eigenvalue weighted by molar-refractivity contribution is 0.206. The Kier molecular flexibility index (Phi) is 4.24. The molecule has 0 unspecified atom stereocenters. The number of hydrogen-bond acceptors (Lipinski definition) is 1. The summed E-state index contributed by atoms with van der Waals surface area (Å²) in [5.41, 5.74) is 0.614. The molecule has 1 heteroatoms. The molecule has 1 fully saturated rings. The van der Waals surface area contributed by atoms with E-state index in [1.54, 1.807) is 0 Å². The van der Waals surface area contributed by atoms with Gasteiger partial charge in [-0.15, -0.1) is 0 Å². The number of hydrogen-bond donors (Lipinski definition) is 1. The molecule has 0 saturated heterocycles. The molecule has 1 rings (SSSR count). The third kappa shape index (κ3) is 4.12. The zero-order valence-electron chi connectivity index (χ0n) is 9.53. The summed E-state index contributed by atoms with van der Waals surface area (Å²) in [6.07, 6.45) is 8.21. The van der Waals surface area contributed by atoms with Crippen LogP contribution in [0.4, 0.5) is 0 Å². The van der Waals surface area contributed by atoms with E-state index in [0.717, 1.165) is 6.04 Å². The minimum atomic E-state index is 0.614. The lowest BCUT2D eigenvalue weighted by Gasteiger charge is -2.34. The Balaban J connectivity index is 2.11. The van der Waals surface area contributed by atoms with Crippen LogP contribution in [0.3, 0.4) is 0 Å². The van der Waals surface area contributed by atoms with Crippen molar-refractivity contribution in [2.45, 2.75) is 65.3 Å². The number of rotatable bonds is 4. The highest BCUT2D eigenvalue weighted by Crippen LogP contribution is 2.34. The fourth-order valence-corrected chi connectivity index (χ4v) is 2.09. The molecule has 0 aromatic heterocycles. The Morgan fingerprint density at radius 2 is 1.85 bits per heavy atom. The Labute approximate surface area is 83.3 Å². The summed E-state index contributed by atoms with van der Waals surface area (Å²) in [6.45, 7) is 8.28. The molecule has 0 spiro atoms. The Bertz CT molecular complexity index is 130. The highest BCUT2D eigenvalue weighted by Gasteiger charge is 2.25. The van der Waals surface area contributed by atoms with Crippen LogP contribution in [-0.4, -0.2) is 12.6 Å². The van der Waals surface area contributed by atoms with Crippen LogP contribution in [0.2, 0.25) is 0 Å². The average molecular weight is 183 g/mol. The van der Waals surface area contributed by atoms with Gasteiger partial charge in [-0.1, -0.05) is 27.2 Å². The molecule has 1 aliphatic carbocycles. The van der Waals surface area contributed by atoms with Gasteiger partial charge in [-0.3, -0.25) is 0 Å². The summed E-state index contributed by atoms with van der Waals surface area (Å²) in [4.78, 5) is 0. The SMILES string of the molecule is CCCCNC1CCC(C)(C)CC1. The fraction of sp³-hybridized carbons (Fsp3) is 1.00. The standard InChI is InChI=1S/C12H25N/c1-4-5-10-13-11-6-8-12(2,3)9-7-11/h11,13H,4-10H2,1-3H3. The van der Waals surface area contributed by atoms with Gasteiger partial charge >= 0.3 is 0 Å². The predicted octanol–water partition coefficient (Wildman–Crippen LogP) is 3.34. The van der Waals surface area contributed by atoms with Crippen LogP contribution in [0.1, 0.15) is 59.3 Å². The highest BCUT2D eigenvalue weighted by molar-refractivity contribution is 4.81. The van der Waals surface area contributed by atoms with Crippen molar-refractivity contribution >= 4 is 0 Å². The van der Waals surface area contributed by atoms with E-state index in [-0.39, 0.29) is 0 Å². The van der Waals surface area contributed by atoms with Crippen molar-refractivity contribution in [3.63, 3.8) is 0 Å². The summed E-state index contributed by atoms with van der Waals surface area (Å²) in [6, 6.07) is 0.819. The van der Waals surface area contributed by atoms with Gasteiger partial charge in [-0.2, -0.15) is 0 Å². The number of unbranched alkanes of at least 4 members (excludes halogenated alkanes) is 1. The van der Waals surface area contributed by atoms with Crippen molar-refractivity contribution in [2.75, 3.05) is 6.54 Å². The Morgan fingerprint density at radius 3 is 2.38 bits per heavy atom. The van der Waals surface area contributed by atoms with Crippen LogP contribution in [0.5, 0.6) is 0 Å². The van der Waals surface area contributed by atoms with Gasteiger partial charge in [0.15, 0.2) is 0 Å². The number of nitrogens with one attached hydrogen (secondary N) is 1. The normalized spacial score (nSPS) is 23.3. The molecule has 0 bridgehead atoms. The van der Waals surface area contributed by atoms with Crippen LogP contribution in [0.15, 0.2) is 0 Å². The van der Waals surface area contributed by atoms with Gasteiger partial charge in [0.25, 0.3) is 0 Å². The van der Waals surface area contributed by atoms with Gasteiger partial charge in [-0.25, -0.2) is 0 Å². The van der Waals surface area contributed by atoms with Crippen LogP contribution in [0.25, 0.3) is 0 Å². The van der Waals surface area contributed by atoms with Crippen molar-refractivity contribution in [2.24, 2.45) is 5.41 Å². The molecular weight excluding hydrogens is 158 g/mol. The topological polar surface area (TPSA) is 12.0 Å². The summed E-state index contributed by atoms with van der Waals surface area (Å²) in [5.74, 6) is 0. The highest BCUT2D eigenvalue weighted by atomic mass is 14.9. The van der Waals surface area contributed by atoms with E-state index in [0.29, 0.717) is 5.41 Å². The first-order chi connectivity index (χ1) is 6.14. The van der Waals surface area contributed by atoms with E-state index < -0.39 is 0 Å². The maximum atomic E-state index is 3.66. The molecule has 0 aromatic carbocycles. The quantitative estimate of drug-likeness (QED) is 0.659. The van der Waals surface area contributed by atoms with Crippen molar-refractivity contribution in [3.8, 4) is 0 Å². The van der Waals surface area contributed by atoms with E-state index in [2.05, 4.69) is 26.1 Å². The molecule has 1 N–H and O–H groups in total.